The number of cyclic esters (lactones) is 1. The molecule has 0 radical (unpaired) electrons. The van der Waals surface area contributed by atoms with Crippen molar-refractivity contribution in [2.45, 2.75) is 6.10 Å². The molecule has 24 heavy (non-hydrogen) atoms. The number of nitrogens with zero attached hydrogens (tertiary/aromatic N) is 3. The maximum Gasteiger partial charge on any atom is 0.416 e. The first-order valence-corrected chi connectivity index (χ1v) is 7.53. The van der Waals surface area contributed by atoms with Crippen LogP contribution in [0.25, 0.3) is 0 Å². The Morgan fingerprint density at radius 3 is 2.96 bits per heavy atom. The van der Waals surface area contributed by atoms with Crippen LogP contribution in [0.1, 0.15) is 10.4 Å². The number of rotatable bonds is 4. The number of aromatic nitrogens is 2. The van der Waals surface area contributed by atoms with Crippen molar-refractivity contribution in [1.82, 2.24) is 15.1 Å². The quantitative estimate of drug-likeness (QED) is 0.912. The number of carbonyl (C=O) groups is 2. The van der Waals surface area contributed by atoms with Gasteiger partial charge in [-0.1, -0.05) is 17.7 Å². The lowest BCUT2D eigenvalue weighted by atomic mass is 10.2. The molecule has 2 aromatic rings. The number of ether oxygens (including phenoxy) is 1. The van der Waals surface area contributed by atoms with E-state index in [2.05, 4.69) is 10.4 Å². The average Bonchev–Trinajstić information content (AvgIpc) is 3.10. The minimum atomic E-state index is -0.708. The molecule has 1 fully saturated rings. The zero-order valence-corrected chi connectivity index (χ0v) is 13.5. The largest absolute Gasteiger partial charge is 0.442 e. The van der Waals surface area contributed by atoms with Crippen LogP contribution in [0.15, 0.2) is 30.5 Å². The fraction of sp³-hybridized carbons (Fsp3) is 0.267. The average molecular weight is 353 g/mol. The molecular weight excluding hydrogens is 339 g/mol. The van der Waals surface area contributed by atoms with Gasteiger partial charge in [0.15, 0.2) is 0 Å². The van der Waals surface area contributed by atoms with Gasteiger partial charge >= 0.3 is 6.09 Å². The summed E-state index contributed by atoms with van der Waals surface area (Å²) in [4.78, 5) is 25.4. The van der Waals surface area contributed by atoms with Crippen molar-refractivity contribution in [2.24, 2.45) is 7.05 Å². The van der Waals surface area contributed by atoms with Gasteiger partial charge in [0.05, 0.1) is 29.9 Å². The van der Waals surface area contributed by atoms with Crippen molar-refractivity contribution in [3.05, 3.63) is 46.9 Å². The fourth-order valence-electron chi connectivity index (χ4n) is 2.46. The summed E-state index contributed by atoms with van der Waals surface area (Å²) in [6, 6.07) is 5.68. The number of anilines is 1. The highest BCUT2D eigenvalue weighted by atomic mass is 35.5. The molecule has 1 unspecified atom stereocenters. The first-order chi connectivity index (χ1) is 11.5. The number of hydrogen-bond donors (Lipinski definition) is 1. The minimum absolute atomic E-state index is 0.0208. The maximum absolute atomic E-state index is 13.7. The lowest BCUT2D eigenvalue weighted by molar-refractivity contribution is 0.0912. The van der Waals surface area contributed by atoms with Gasteiger partial charge in [-0.3, -0.25) is 14.4 Å². The van der Waals surface area contributed by atoms with Gasteiger partial charge in [0.1, 0.15) is 17.7 Å². The number of halogens is 2. The molecule has 126 valence electrons. The predicted molar refractivity (Wildman–Crippen MR) is 84.6 cm³/mol. The molecular formula is C15H14ClFN4O3. The highest BCUT2D eigenvalue weighted by molar-refractivity contribution is 6.33. The predicted octanol–water partition coefficient (Wildman–Crippen LogP) is 1.97. The van der Waals surface area contributed by atoms with E-state index in [-0.39, 0.29) is 23.7 Å². The summed E-state index contributed by atoms with van der Waals surface area (Å²) >= 11 is 5.85. The van der Waals surface area contributed by atoms with Crippen LogP contribution in [-0.2, 0) is 11.8 Å². The Labute approximate surface area is 141 Å². The van der Waals surface area contributed by atoms with Crippen LogP contribution in [0.2, 0.25) is 5.02 Å². The number of nitrogens with one attached hydrogen (secondary N) is 1. The van der Waals surface area contributed by atoms with Gasteiger partial charge in [0, 0.05) is 13.1 Å². The highest BCUT2D eigenvalue weighted by Gasteiger charge is 2.34. The zero-order valence-electron chi connectivity index (χ0n) is 12.7. The van der Waals surface area contributed by atoms with Gasteiger partial charge < -0.3 is 10.1 Å². The van der Waals surface area contributed by atoms with Gasteiger partial charge in [-0.2, -0.15) is 5.10 Å². The Morgan fingerprint density at radius 2 is 2.29 bits per heavy atom. The van der Waals surface area contributed by atoms with Crippen molar-refractivity contribution >= 4 is 29.4 Å². The molecule has 1 N–H and O–H groups in total. The summed E-state index contributed by atoms with van der Waals surface area (Å²) < 4.78 is 20.5. The van der Waals surface area contributed by atoms with Crippen LogP contribution >= 0.6 is 11.6 Å². The molecule has 1 atom stereocenters. The van der Waals surface area contributed by atoms with Crippen molar-refractivity contribution in [1.29, 1.82) is 0 Å². The molecule has 9 heteroatoms. The minimum Gasteiger partial charge on any atom is -0.442 e. The van der Waals surface area contributed by atoms with Gasteiger partial charge in [0.2, 0.25) is 0 Å². The summed E-state index contributed by atoms with van der Waals surface area (Å²) in [7, 11) is 1.71. The molecule has 0 spiro atoms. The Bertz CT molecular complexity index is 775. The molecule has 0 saturated carbocycles. The third-order valence-corrected chi connectivity index (χ3v) is 3.94. The molecule has 2 heterocycles. The summed E-state index contributed by atoms with van der Waals surface area (Å²) in [5.41, 5.74) is -0.230. The second-order valence-electron chi connectivity index (χ2n) is 5.24. The molecule has 1 saturated heterocycles. The standard InChI is InChI=1S/C15H14ClFN4O3/c1-20-12(5-6-19-20)21-8-9(24-15(21)23)7-18-14(22)13-10(16)3-2-4-11(13)17/h2-6,9H,7-8H2,1H3,(H,18,22). The molecule has 1 aromatic heterocycles. The molecule has 1 aromatic carbocycles. The number of aryl methyl sites for hydroxylation is 1. The smallest absolute Gasteiger partial charge is 0.416 e. The lowest BCUT2D eigenvalue weighted by Gasteiger charge is -2.13. The third kappa shape index (κ3) is 3.05. The summed E-state index contributed by atoms with van der Waals surface area (Å²) in [6.07, 6.45) is 0.487. The van der Waals surface area contributed by atoms with Gasteiger partial charge in [-0.05, 0) is 12.1 Å². The molecule has 2 amide bonds. The summed E-state index contributed by atoms with van der Waals surface area (Å²) in [5.74, 6) is -0.779. The van der Waals surface area contributed by atoms with Crippen LogP contribution in [0.5, 0.6) is 0 Å². The Morgan fingerprint density at radius 1 is 1.50 bits per heavy atom. The van der Waals surface area contributed by atoms with Crippen molar-refractivity contribution in [3.8, 4) is 0 Å². The SMILES string of the molecule is Cn1nccc1N1CC(CNC(=O)c2c(F)cccc2Cl)OC1=O. The summed E-state index contributed by atoms with van der Waals surface area (Å²) in [5, 5.41) is 6.55. The molecule has 1 aliphatic heterocycles. The monoisotopic (exact) mass is 352 g/mol. The van der Waals surface area contributed by atoms with E-state index >= 15 is 0 Å². The summed E-state index contributed by atoms with van der Waals surface area (Å²) in [6.45, 7) is 0.299. The van der Waals surface area contributed by atoms with Crippen molar-refractivity contribution < 1.29 is 18.7 Å². The first-order valence-electron chi connectivity index (χ1n) is 7.15. The highest BCUT2D eigenvalue weighted by Crippen LogP contribution is 2.21. The second-order valence-corrected chi connectivity index (χ2v) is 5.64. The van der Waals surface area contributed by atoms with E-state index < -0.39 is 23.9 Å². The van der Waals surface area contributed by atoms with Crippen LogP contribution in [0.4, 0.5) is 15.0 Å². The Hall–Kier alpha value is -2.61. The van der Waals surface area contributed by atoms with Gasteiger partial charge in [-0.25, -0.2) is 9.18 Å². The Balaban J connectivity index is 1.63. The normalized spacial score (nSPS) is 17.0. The van der Waals surface area contributed by atoms with Crippen LogP contribution in [-0.4, -0.2) is 41.0 Å². The second kappa shape index (κ2) is 6.48. The van der Waals surface area contributed by atoms with E-state index in [1.165, 1.54) is 17.0 Å². The first kappa shape index (κ1) is 16.3. The zero-order chi connectivity index (χ0) is 17.3. The number of benzene rings is 1. The van der Waals surface area contributed by atoms with Crippen LogP contribution < -0.4 is 10.2 Å². The number of amides is 2. The van der Waals surface area contributed by atoms with E-state index in [9.17, 15) is 14.0 Å². The topological polar surface area (TPSA) is 76.5 Å². The van der Waals surface area contributed by atoms with E-state index in [0.29, 0.717) is 5.82 Å². The van der Waals surface area contributed by atoms with E-state index in [0.717, 1.165) is 6.07 Å². The molecule has 0 aliphatic carbocycles. The van der Waals surface area contributed by atoms with Gasteiger partial charge in [-0.15, -0.1) is 0 Å². The van der Waals surface area contributed by atoms with E-state index in [1.807, 2.05) is 0 Å². The molecule has 3 rings (SSSR count). The number of carbonyl (C=O) groups excluding carboxylic acids is 2. The van der Waals surface area contributed by atoms with Crippen molar-refractivity contribution in [3.63, 3.8) is 0 Å². The third-order valence-electron chi connectivity index (χ3n) is 3.63. The van der Waals surface area contributed by atoms with Crippen molar-refractivity contribution in [2.75, 3.05) is 18.0 Å². The van der Waals surface area contributed by atoms with E-state index in [1.54, 1.807) is 24.0 Å². The van der Waals surface area contributed by atoms with E-state index in [4.69, 9.17) is 16.3 Å². The molecule has 0 bridgehead atoms. The molecule has 1 aliphatic rings. The maximum atomic E-state index is 13.7. The van der Waals surface area contributed by atoms with Crippen LogP contribution in [0.3, 0.4) is 0 Å². The number of hydrogen-bond acceptors (Lipinski definition) is 4. The fourth-order valence-corrected chi connectivity index (χ4v) is 2.71. The molecule has 7 nitrogen and oxygen atoms in total. The lowest BCUT2D eigenvalue weighted by Crippen LogP contribution is -2.35. The van der Waals surface area contributed by atoms with Crippen LogP contribution in [0, 0.1) is 5.82 Å². The van der Waals surface area contributed by atoms with Gasteiger partial charge in [0.25, 0.3) is 5.91 Å². The Kier molecular flexibility index (Phi) is 4.39.